The first-order valence-corrected chi connectivity index (χ1v) is 10.9. The predicted molar refractivity (Wildman–Crippen MR) is 120 cm³/mol. The van der Waals surface area contributed by atoms with Gasteiger partial charge in [-0.25, -0.2) is 0 Å². The van der Waals surface area contributed by atoms with Crippen LogP contribution in [0.1, 0.15) is 36.3 Å². The van der Waals surface area contributed by atoms with Gasteiger partial charge in [-0.2, -0.15) is 0 Å². The monoisotopic (exact) mass is 427 g/mol. The van der Waals surface area contributed by atoms with Gasteiger partial charge in [-0.05, 0) is 54.2 Å². The lowest BCUT2D eigenvalue weighted by molar-refractivity contribution is 0.232. The van der Waals surface area contributed by atoms with Gasteiger partial charge in [0.15, 0.2) is 23.0 Å². The summed E-state index contributed by atoms with van der Waals surface area (Å²) in [6, 6.07) is 11.1. The minimum absolute atomic E-state index is 0.446. The number of benzene rings is 2. The second-order valence-corrected chi connectivity index (χ2v) is 8.35. The largest absolute Gasteiger partial charge is 0.493 e. The topological polar surface area (TPSA) is 49.4 Å². The third-order valence-electron chi connectivity index (χ3n) is 6.90. The van der Waals surface area contributed by atoms with Crippen molar-refractivity contribution >= 4 is 0 Å². The molecule has 0 spiro atoms. The van der Waals surface area contributed by atoms with E-state index < -0.39 is 0 Å². The third-order valence-corrected chi connectivity index (χ3v) is 6.90. The van der Waals surface area contributed by atoms with E-state index in [1.165, 1.54) is 30.4 Å². The molecule has 4 rings (SSSR count). The fraction of sp³-hybridized carbons (Fsp3) is 0.520. The van der Waals surface area contributed by atoms with Gasteiger partial charge in [-0.1, -0.05) is 12.5 Å². The van der Waals surface area contributed by atoms with Crippen molar-refractivity contribution in [3.63, 3.8) is 0 Å². The maximum absolute atomic E-state index is 5.62. The number of fused-ring (bicyclic) bond motifs is 1. The van der Waals surface area contributed by atoms with Crippen LogP contribution in [0, 0.1) is 5.92 Å². The molecule has 0 bridgehead atoms. The van der Waals surface area contributed by atoms with E-state index in [-0.39, 0.29) is 0 Å². The van der Waals surface area contributed by atoms with Gasteiger partial charge in [0.25, 0.3) is 0 Å². The van der Waals surface area contributed by atoms with Crippen LogP contribution in [0.5, 0.6) is 28.7 Å². The van der Waals surface area contributed by atoms with E-state index in [9.17, 15) is 0 Å². The summed E-state index contributed by atoms with van der Waals surface area (Å²) in [5, 5.41) is 0. The van der Waals surface area contributed by atoms with Crippen molar-refractivity contribution in [2.24, 2.45) is 5.92 Å². The van der Waals surface area contributed by atoms with E-state index >= 15 is 0 Å². The van der Waals surface area contributed by atoms with Crippen LogP contribution >= 0.6 is 0 Å². The van der Waals surface area contributed by atoms with Crippen molar-refractivity contribution < 1.29 is 23.7 Å². The van der Waals surface area contributed by atoms with Crippen LogP contribution < -0.4 is 23.7 Å². The number of methoxy groups -OCH3 is 5. The molecule has 6 heteroatoms. The Morgan fingerprint density at radius 1 is 0.774 bits per heavy atom. The van der Waals surface area contributed by atoms with Crippen LogP contribution in [0.3, 0.4) is 0 Å². The van der Waals surface area contributed by atoms with E-state index in [1.807, 2.05) is 6.07 Å². The molecule has 0 unspecified atom stereocenters. The molecule has 1 aliphatic heterocycles. The lowest BCUT2D eigenvalue weighted by Crippen LogP contribution is -2.29. The Labute approximate surface area is 185 Å². The van der Waals surface area contributed by atoms with Gasteiger partial charge in [0.05, 0.1) is 35.5 Å². The zero-order valence-corrected chi connectivity index (χ0v) is 19.1. The number of rotatable bonds is 8. The van der Waals surface area contributed by atoms with Crippen LogP contribution in [-0.2, 0) is 6.54 Å². The van der Waals surface area contributed by atoms with Crippen LogP contribution in [0.15, 0.2) is 30.3 Å². The standard InChI is InChI=1S/C25H33NO5/c1-27-21-10-9-16(11-22(21)28-2)14-26-15-19(18-7-6-8-20(18)26)17-12-23(29-3)25(31-5)24(13-17)30-4/h9-13,18-20H,6-8,14-15H2,1-5H3/t18-,19-,20-/m1/s1. The van der Waals surface area contributed by atoms with Gasteiger partial charge in [-0.3, -0.25) is 4.90 Å². The Kier molecular flexibility index (Phi) is 6.46. The van der Waals surface area contributed by atoms with Crippen molar-refractivity contribution in [1.82, 2.24) is 4.90 Å². The average Bonchev–Trinajstić information content (AvgIpc) is 3.41. The number of nitrogens with zero attached hydrogens (tertiary/aromatic N) is 1. The van der Waals surface area contributed by atoms with Crippen LogP contribution in [-0.4, -0.2) is 53.0 Å². The van der Waals surface area contributed by atoms with Gasteiger partial charge in [0.2, 0.25) is 5.75 Å². The van der Waals surface area contributed by atoms with E-state index in [0.717, 1.165) is 36.1 Å². The summed E-state index contributed by atoms with van der Waals surface area (Å²) in [7, 11) is 8.36. The number of likely N-dealkylation sites (tertiary alicyclic amines) is 1. The highest BCUT2D eigenvalue weighted by Gasteiger charge is 2.45. The lowest BCUT2D eigenvalue weighted by atomic mass is 9.86. The molecular formula is C25H33NO5. The Morgan fingerprint density at radius 2 is 1.45 bits per heavy atom. The maximum Gasteiger partial charge on any atom is 0.203 e. The molecule has 168 valence electrons. The Hall–Kier alpha value is -2.60. The van der Waals surface area contributed by atoms with Gasteiger partial charge in [-0.15, -0.1) is 0 Å². The SMILES string of the molecule is COc1ccc(CN2C[C@H](c3cc(OC)c(OC)c(OC)c3)[C@H]3CCC[C@H]32)cc1OC. The zero-order chi connectivity index (χ0) is 22.0. The van der Waals surface area contributed by atoms with Crippen LogP contribution in [0.2, 0.25) is 0 Å². The summed E-state index contributed by atoms with van der Waals surface area (Å²) < 4.78 is 27.7. The van der Waals surface area contributed by atoms with Crippen LogP contribution in [0.25, 0.3) is 0 Å². The quantitative estimate of drug-likeness (QED) is 0.618. The Balaban J connectivity index is 1.61. The Morgan fingerprint density at radius 3 is 2.06 bits per heavy atom. The first-order chi connectivity index (χ1) is 15.1. The van der Waals surface area contributed by atoms with Crippen LogP contribution in [0.4, 0.5) is 0 Å². The molecule has 0 radical (unpaired) electrons. The van der Waals surface area contributed by atoms with E-state index in [0.29, 0.717) is 23.6 Å². The summed E-state index contributed by atoms with van der Waals surface area (Å²) in [6.45, 7) is 1.92. The number of ether oxygens (including phenoxy) is 5. The molecule has 1 saturated carbocycles. The van der Waals surface area contributed by atoms with Gasteiger partial charge < -0.3 is 23.7 Å². The van der Waals surface area contributed by atoms with Crippen molar-refractivity contribution in [2.75, 3.05) is 42.1 Å². The van der Waals surface area contributed by atoms with Gasteiger partial charge in [0.1, 0.15) is 0 Å². The summed E-state index contributed by atoms with van der Waals surface area (Å²) in [6.07, 6.45) is 3.78. The second kappa shape index (κ2) is 9.27. The minimum atomic E-state index is 0.446. The predicted octanol–water partition coefficient (Wildman–Crippen LogP) is 4.50. The van der Waals surface area contributed by atoms with E-state index in [1.54, 1.807) is 35.5 Å². The molecule has 1 saturated heterocycles. The second-order valence-electron chi connectivity index (χ2n) is 8.35. The molecule has 0 aromatic heterocycles. The minimum Gasteiger partial charge on any atom is -0.493 e. The first kappa shape index (κ1) is 21.6. The summed E-state index contributed by atoms with van der Waals surface area (Å²) >= 11 is 0. The maximum atomic E-state index is 5.62. The molecule has 31 heavy (non-hydrogen) atoms. The highest BCUT2D eigenvalue weighted by molar-refractivity contribution is 5.55. The summed E-state index contributed by atoms with van der Waals surface area (Å²) in [5.74, 6) is 4.74. The molecule has 0 amide bonds. The normalized spacial score (nSPS) is 22.8. The highest BCUT2D eigenvalue weighted by Crippen LogP contribution is 2.49. The first-order valence-electron chi connectivity index (χ1n) is 10.9. The van der Waals surface area contributed by atoms with Gasteiger partial charge >= 0.3 is 0 Å². The lowest BCUT2D eigenvalue weighted by Gasteiger charge is -2.23. The molecule has 2 fully saturated rings. The molecule has 3 atom stereocenters. The van der Waals surface area contributed by atoms with Crippen molar-refractivity contribution in [3.8, 4) is 28.7 Å². The molecular weight excluding hydrogens is 394 g/mol. The fourth-order valence-corrected chi connectivity index (χ4v) is 5.48. The molecule has 2 aliphatic rings. The van der Waals surface area contributed by atoms with E-state index in [2.05, 4.69) is 29.2 Å². The summed E-state index contributed by atoms with van der Waals surface area (Å²) in [4.78, 5) is 2.63. The van der Waals surface area contributed by atoms with E-state index in [4.69, 9.17) is 23.7 Å². The Bertz CT molecular complexity index is 890. The number of hydrogen-bond acceptors (Lipinski definition) is 6. The smallest absolute Gasteiger partial charge is 0.203 e. The molecule has 1 aliphatic carbocycles. The highest BCUT2D eigenvalue weighted by atomic mass is 16.5. The van der Waals surface area contributed by atoms with Crippen molar-refractivity contribution in [1.29, 1.82) is 0 Å². The fourth-order valence-electron chi connectivity index (χ4n) is 5.48. The molecule has 6 nitrogen and oxygen atoms in total. The molecule has 1 heterocycles. The zero-order valence-electron chi connectivity index (χ0n) is 19.1. The summed E-state index contributed by atoms with van der Waals surface area (Å²) in [5.41, 5.74) is 2.51. The number of hydrogen-bond donors (Lipinski definition) is 0. The van der Waals surface area contributed by atoms with Crippen molar-refractivity contribution in [3.05, 3.63) is 41.5 Å². The third kappa shape index (κ3) is 4.01. The molecule has 2 aromatic carbocycles. The van der Waals surface area contributed by atoms with Crippen molar-refractivity contribution in [2.45, 2.75) is 37.8 Å². The molecule has 0 N–H and O–H groups in total. The average molecular weight is 428 g/mol. The molecule has 2 aromatic rings. The van der Waals surface area contributed by atoms with Gasteiger partial charge in [0, 0.05) is 25.0 Å².